The van der Waals surface area contributed by atoms with Crippen LogP contribution in [0.25, 0.3) is 0 Å². The molecule has 18 heavy (non-hydrogen) atoms. The number of halogens is 1. The summed E-state index contributed by atoms with van der Waals surface area (Å²) in [6, 6.07) is 5.23. The van der Waals surface area contributed by atoms with Crippen LogP contribution in [0.2, 0.25) is 0 Å². The average Bonchev–Trinajstić information content (AvgIpc) is 2.30. The zero-order valence-electron chi connectivity index (χ0n) is 10.9. The Bertz CT molecular complexity index is 433. The number of benzene rings is 1. The third kappa shape index (κ3) is 4.66. The second-order valence-corrected chi connectivity index (χ2v) is 5.54. The lowest BCUT2D eigenvalue weighted by Gasteiger charge is -2.23. The van der Waals surface area contributed by atoms with Gasteiger partial charge in [0.1, 0.15) is 6.61 Å². The lowest BCUT2D eigenvalue weighted by atomic mass is 10.1. The molecule has 0 aliphatic heterocycles. The molecule has 0 bridgehead atoms. The van der Waals surface area contributed by atoms with Crippen LogP contribution in [-0.2, 0) is 9.53 Å². The van der Waals surface area contributed by atoms with E-state index in [1.807, 2.05) is 20.8 Å². The molecule has 3 N–H and O–H groups in total. The maximum atomic E-state index is 11.7. The number of nitrogen functional groups attached to an aromatic ring is 1. The molecule has 0 unspecified atom stereocenters. The van der Waals surface area contributed by atoms with Crippen LogP contribution in [0.1, 0.15) is 27.2 Å². The van der Waals surface area contributed by atoms with Crippen molar-refractivity contribution in [3.05, 3.63) is 22.7 Å². The molecule has 5 heteroatoms. The van der Waals surface area contributed by atoms with Gasteiger partial charge < -0.3 is 15.8 Å². The summed E-state index contributed by atoms with van der Waals surface area (Å²) in [4.78, 5) is 11.7. The largest absolute Gasteiger partial charge is 0.399 e. The number of ether oxygens (including phenoxy) is 1. The lowest BCUT2D eigenvalue weighted by molar-refractivity contribution is -0.126. The predicted molar refractivity (Wildman–Crippen MR) is 77.5 cm³/mol. The molecule has 0 heterocycles. The van der Waals surface area contributed by atoms with E-state index in [-0.39, 0.29) is 18.1 Å². The van der Waals surface area contributed by atoms with Crippen molar-refractivity contribution in [2.45, 2.75) is 32.8 Å². The first-order valence-corrected chi connectivity index (χ1v) is 6.62. The molecule has 1 rings (SSSR count). The van der Waals surface area contributed by atoms with E-state index in [9.17, 15) is 4.79 Å². The van der Waals surface area contributed by atoms with E-state index in [0.717, 1.165) is 10.9 Å². The topological polar surface area (TPSA) is 64.3 Å². The van der Waals surface area contributed by atoms with Gasteiger partial charge >= 0.3 is 0 Å². The molecule has 4 nitrogen and oxygen atoms in total. The normalized spacial score (nSPS) is 11.3. The third-order valence-electron chi connectivity index (χ3n) is 2.71. The van der Waals surface area contributed by atoms with E-state index in [1.54, 1.807) is 18.2 Å². The average molecular weight is 315 g/mol. The molecule has 0 aliphatic rings. The number of carbonyl (C=O) groups excluding carboxylic acids is 1. The highest BCUT2D eigenvalue weighted by atomic mass is 79.9. The molecule has 0 saturated heterocycles. The van der Waals surface area contributed by atoms with Gasteiger partial charge in [-0.05, 0) is 54.4 Å². The van der Waals surface area contributed by atoms with Crippen LogP contribution in [0.4, 0.5) is 11.4 Å². The monoisotopic (exact) mass is 314 g/mol. The van der Waals surface area contributed by atoms with Crippen molar-refractivity contribution in [3.63, 3.8) is 0 Å². The Labute approximate surface area is 116 Å². The summed E-state index contributed by atoms with van der Waals surface area (Å²) in [5.74, 6) is -0.179. The van der Waals surface area contributed by atoms with Gasteiger partial charge in [0, 0.05) is 10.2 Å². The molecule has 0 atom stereocenters. The van der Waals surface area contributed by atoms with Crippen LogP contribution < -0.4 is 11.1 Å². The number of amides is 1. The zero-order valence-corrected chi connectivity index (χ0v) is 12.5. The zero-order chi connectivity index (χ0) is 13.8. The van der Waals surface area contributed by atoms with Crippen molar-refractivity contribution in [3.8, 4) is 0 Å². The first-order valence-electron chi connectivity index (χ1n) is 5.83. The molecular weight excluding hydrogens is 296 g/mol. The summed E-state index contributed by atoms with van der Waals surface area (Å²) in [7, 11) is 0. The van der Waals surface area contributed by atoms with Gasteiger partial charge in [0.2, 0.25) is 5.91 Å². The van der Waals surface area contributed by atoms with Gasteiger partial charge in [0.05, 0.1) is 11.3 Å². The Morgan fingerprint density at radius 1 is 1.50 bits per heavy atom. The number of carbonyl (C=O) groups is 1. The Balaban J connectivity index is 2.55. The predicted octanol–water partition coefficient (Wildman–Crippen LogP) is 3.18. The van der Waals surface area contributed by atoms with E-state index in [4.69, 9.17) is 10.5 Å². The Kier molecular flexibility index (Phi) is 5.16. The first kappa shape index (κ1) is 15.0. The van der Waals surface area contributed by atoms with E-state index < -0.39 is 0 Å². The molecule has 0 aromatic heterocycles. The molecule has 1 amide bonds. The number of nitrogens with two attached hydrogens (primary N) is 1. The Hall–Kier alpha value is -1.07. The quantitative estimate of drug-likeness (QED) is 0.820. The number of rotatable bonds is 5. The second kappa shape index (κ2) is 6.20. The summed E-state index contributed by atoms with van der Waals surface area (Å²) >= 11 is 3.34. The van der Waals surface area contributed by atoms with Crippen molar-refractivity contribution < 1.29 is 9.53 Å². The molecule has 0 radical (unpaired) electrons. The van der Waals surface area contributed by atoms with Crippen LogP contribution in [-0.4, -0.2) is 18.1 Å². The number of hydrogen-bond donors (Lipinski definition) is 2. The molecule has 1 aromatic rings. The standard InChI is InChI=1S/C13H19BrN2O2/c1-4-13(2,3)18-8-12(17)16-11-6-5-9(15)7-10(11)14/h5-7H,4,8,15H2,1-3H3,(H,16,17). The highest BCUT2D eigenvalue weighted by Gasteiger charge is 2.17. The van der Waals surface area contributed by atoms with Gasteiger partial charge in [-0.1, -0.05) is 6.92 Å². The summed E-state index contributed by atoms with van der Waals surface area (Å²) in [5.41, 5.74) is 6.67. The van der Waals surface area contributed by atoms with Crippen LogP contribution >= 0.6 is 15.9 Å². The highest BCUT2D eigenvalue weighted by molar-refractivity contribution is 9.10. The minimum absolute atomic E-state index is 0.0393. The SMILES string of the molecule is CCC(C)(C)OCC(=O)Nc1ccc(N)cc1Br. The molecule has 0 saturated carbocycles. The molecule has 1 aromatic carbocycles. The molecular formula is C13H19BrN2O2. The number of nitrogens with one attached hydrogen (secondary N) is 1. The number of anilines is 2. The van der Waals surface area contributed by atoms with Gasteiger partial charge in [0.25, 0.3) is 0 Å². The van der Waals surface area contributed by atoms with Crippen LogP contribution in [0.15, 0.2) is 22.7 Å². The summed E-state index contributed by atoms with van der Waals surface area (Å²) in [5, 5.41) is 2.77. The van der Waals surface area contributed by atoms with Gasteiger partial charge in [-0.2, -0.15) is 0 Å². The van der Waals surface area contributed by atoms with Crippen LogP contribution in [0.5, 0.6) is 0 Å². The van der Waals surface area contributed by atoms with Gasteiger partial charge in [-0.25, -0.2) is 0 Å². The van der Waals surface area contributed by atoms with Crippen molar-refractivity contribution >= 4 is 33.2 Å². The summed E-state index contributed by atoms with van der Waals surface area (Å²) in [6.07, 6.45) is 0.853. The lowest BCUT2D eigenvalue weighted by Crippen LogP contribution is -2.29. The fourth-order valence-corrected chi connectivity index (χ4v) is 1.68. The van der Waals surface area contributed by atoms with Gasteiger partial charge in [-0.15, -0.1) is 0 Å². The Morgan fingerprint density at radius 3 is 2.72 bits per heavy atom. The summed E-state index contributed by atoms with van der Waals surface area (Å²) < 4.78 is 6.28. The minimum atomic E-state index is -0.282. The second-order valence-electron chi connectivity index (χ2n) is 4.69. The first-order chi connectivity index (χ1) is 8.34. The van der Waals surface area contributed by atoms with Crippen LogP contribution in [0, 0.1) is 0 Å². The maximum absolute atomic E-state index is 11.7. The van der Waals surface area contributed by atoms with E-state index in [1.165, 1.54) is 0 Å². The van der Waals surface area contributed by atoms with Crippen LogP contribution in [0.3, 0.4) is 0 Å². The van der Waals surface area contributed by atoms with Gasteiger partial charge in [0.15, 0.2) is 0 Å². The smallest absolute Gasteiger partial charge is 0.250 e. The molecule has 0 fully saturated rings. The maximum Gasteiger partial charge on any atom is 0.250 e. The number of hydrogen-bond acceptors (Lipinski definition) is 3. The van der Waals surface area contributed by atoms with E-state index >= 15 is 0 Å². The van der Waals surface area contributed by atoms with Crippen molar-refractivity contribution in [1.29, 1.82) is 0 Å². The minimum Gasteiger partial charge on any atom is -0.399 e. The van der Waals surface area contributed by atoms with Crippen molar-refractivity contribution in [2.24, 2.45) is 0 Å². The van der Waals surface area contributed by atoms with E-state index in [2.05, 4.69) is 21.2 Å². The highest BCUT2D eigenvalue weighted by Crippen LogP contribution is 2.24. The third-order valence-corrected chi connectivity index (χ3v) is 3.37. The van der Waals surface area contributed by atoms with E-state index in [0.29, 0.717) is 11.4 Å². The molecule has 0 aliphatic carbocycles. The summed E-state index contributed by atoms with van der Waals surface area (Å²) in [6.45, 7) is 5.98. The fraction of sp³-hybridized carbons (Fsp3) is 0.462. The fourth-order valence-electron chi connectivity index (χ4n) is 1.18. The van der Waals surface area contributed by atoms with Crippen molar-refractivity contribution in [2.75, 3.05) is 17.7 Å². The molecule has 0 spiro atoms. The van der Waals surface area contributed by atoms with Gasteiger partial charge in [-0.3, -0.25) is 4.79 Å². The Morgan fingerprint density at radius 2 is 2.17 bits per heavy atom. The molecule has 100 valence electrons. The van der Waals surface area contributed by atoms with Crippen molar-refractivity contribution in [1.82, 2.24) is 0 Å².